The summed E-state index contributed by atoms with van der Waals surface area (Å²) in [5.74, 6) is 3.41. The van der Waals surface area contributed by atoms with Crippen LogP contribution < -0.4 is 0 Å². The van der Waals surface area contributed by atoms with E-state index >= 15 is 0 Å². The van der Waals surface area contributed by atoms with Crippen molar-refractivity contribution in [1.29, 1.82) is 0 Å². The van der Waals surface area contributed by atoms with Crippen LogP contribution in [-0.4, -0.2) is 84.8 Å². The minimum Gasteiger partial charge on any atom is -0.462 e. The van der Waals surface area contributed by atoms with Crippen LogP contribution in [0.3, 0.4) is 0 Å². The van der Waals surface area contributed by atoms with Gasteiger partial charge in [-0.05, 0) is 114 Å². The Morgan fingerprint density at radius 2 is 0.852 bits per heavy atom. The highest BCUT2D eigenvalue weighted by atomic mass is 16.9. The molecule has 2 atom stereocenters. The van der Waals surface area contributed by atoms with Gasteiger partial charge in [-0.25, -0.2) is 0 Å². The van der Waals surface area contributed by atoms with Crippen LogP contribution in [0.4, 0.5) is 0 Å². The van der Waals surface area contributed by atoms with Crippen molar-refractivity contribution in [3.8, 4) is 0 Å². The SMILES string of the molecule is CC(C)CCC(CON(O)CCCCCCCCCC(CCCCCCCCCN(O)OCC(CCC(C)C)C(C)C)OC(=O)CCCN(C)C)C(C)C. The largest absolute Gasteiger partial charge is 0.462 e. The lowest BCUT2D eigenvalue weighted by Crippen LogP contribution is -2.26. The van der Waals surface area contributed by atoms with Gasteiger partial charge in [0.1, 0.15) is 6.10 Å². The van der Waals surface area contributed by atoms with Gasteiger partial charge in [-0.3, -0.25) is 24.9 Å². The molecule has 0 rings (SSSR count). The summed E-state index contributed by atoms with van der Waals surface area (Å²) in [5.41, 5.74) is 0. The van der Waals surface area contributed by atoms with Crippen molar-refractivity contribution in [3.63, 3.8) is 0 Å². The van der Waals surface area contributed by atoms with E-state index in [1.807, 2.05) is 14.1 Å². The van der Waals surface area contributed by atoms with E-state index in [0.29, 0.717) is 68.2 Å². The molecule has 0 aromatic heterocycles. The Bertz CT molecular complexity index is 775. The molecule has 54 heavy (non-hydrogen) atoms. The monoisotopic (exact) mass is 772 g/mol. The number of carbonyl (C=O) groups excluding carboxylic acids is 1. The second-order valence-corrected chi connectivity index (χ2v) is 18.2. The Labute approximate surface area is 335 Å². The van der Waals surface area contributed by atoms with Crippen LogP contribution in [0.25, 0.3) is 0 Å². The van der Waals surface area contributed by atoms with Gasteiger partial charge in [-0.2, -0.15) is 0 Å². The highest BCUT2D eigenvalue weighted by Crippen LogP contribution is 2.23. The van der Waals surface area contributed by atoms with Crippen molar-refractivity contribution in [1.82, 2.24) is 15.4 Å². The molecule has 0 spiro atoms. The van der Waals surface area contributed by atoms with Crippen molar-refractivity contribution in [2.75, 3.05) is 46.9 Å². The maximum absolute atomic E-state index is 12.6. The van der Waals surface area contributed by atoms with E-state index in [0.717, 1.165) is 87.6 Å². The predicted molar refractivity (Wildman–Crippen MR) is 225 cm³/mol. The maximum Gasteiger partial charge on any atom is 0.306 e. The molecule has 0 saturated heterocycles. The van der Waals surface area contributed by atoms with E-state index in [9.17, 15) is 15.2 Å². The summed E-state index contributed by atoms with van der Waals surface area (Å²) in [7, 11) is 4.08. The summed E-state index contributed by atoms with van der Waals surface area (Å²) in [6.45, 7) is 21.2. The fourth-order valence-electron chi connectivity index (χ4n) is 6.86. The lowest BCUT2D eigenvalue weighted by molar-refractivity contribution is -0.346. The number of nitrogens with zero attached hydrogens (tertiary/aromatic N) is 3. The minimum absolute atomic E-state index is 0.0317. The average Bonchev–Trinajstić information content (AvgIpc) is 3.09. The third kappa shape index (κ3) is 34.4. The quantitative estimate of drug-likeness (QED) is 0.0360. The molecule has 0 aromatic carbocycles. The van der Waals surface area contributed by atoms with Gasteiger partial charge in [-0.15, -0.1) is 0 Å². The summed E-state index contributed by atoms with van der Waals surface area (Å²) in [4.78, 5) is 26.1. The zero-order valence-corrected chi connectivity index (χ0v) is 37.5. The Hall–Kier alpha value is -0.810. The van der Waals surface area contributed by atoms with E-state index in [-0.39, 0.29) is 12.1 Å². The first-order valence-corrected chi connectivity index (χ1v) is 22.7. The van der Waals surface area contributed by atoms with Gasteiger partial charge >= 0.3 is 5.97 Å². The number of ether oxygens (including phenoxy) is 1. The smallest absolute Gasteiger partial charge is 0.306 e. The van der Waals surface area contributed by atoms with Crippen molar-refractivity contribution < 1.29 is 29.6 Å². The molecule has 9 nitrogen and oxygen atoms in total. The molecule has 0 aliphatic carbocycles. The second-order valence-electron chi connectivity index (χ2n) is 18.2. The molecule has 0 saturated carbocycles. The second kappa shape index (κ2) is 35.4. The van der Waals surface area contributed by atoms with E-state index in [4.69, 9.17) is 14.4 Å². The van der Waals surface area contributed by atoms with Crippen LogP contribution in [0.5, 0.6) is 0 Å². The molecule has 0 bridgehead atoms. The first-order chi connectivity index (χ1) is 25.7. The highest BCUT2D eigenvalue weighted by Gasteiger charge is 2.18. The van der Waals surface area contributed by atoms with Crippen molar-refractivity contribution >= 4 is 5.97 Å². The van der Waals surface area contributed by atoms with E-state index in [1.54, 1.807) is 0 Å². The molecule has 0 aromatic rings. The molecule has 324 valence electrons. The molecule has 0 aliphatic rings. The molecule has 0 radical (unpaired) electrons. The van der Waals surface area contributed by atoms with E-state index < -0.39 is 0 Å². The van der Waals surface area contributed by atoms with Crippen LogP contribution in [0.1, 0.15) is 197 Å². The van der Waals surface area contributed by atoms with Gasteiger partial charge in [0.05, 0.1) is 26.3 Å². The summed E-state index contributed by atoms with van der Waals surface area (Å²) in [6, 6.07) is 0. The number of carbonyl (C=O) groups is 1. The number of hydroxylamine groups is 4. The first kappa shape index (κ1) is 53.2. The van der Waals surface area contributed by atoms with Gasteiger partial charge < -0.3 is 9.64 Å². The maximum atomic E-state index is 12.6. The zero-order valence-electron chi connectivity index (χ0n) is 37.5. The first-order valence-electron chi connectivity index (χ1n) is 22.7. The molecule has 0 fully saturated rings. The molecule has 2 unspecified atom stereocenters. The molecular formula is C45H93N3O6. The normalized spacial score (nSPS) is 14.1. The third-order valence-electron chi connectivity index (χ3n) is 11.0. The zero-order chi connectivity index (χ0) is 40.6. The van der Waals surface area contributed by atoms with Crippen LogP contribution in [0.15, 0.2) is 0 Å². The van der Waals surface area contributed by atoms with Gasteiger partial charge in [0.15, 0.2) is 0 Å². The van der Waals surface area contributed by atoms with E-state index in [1.165, 1.54) is 64.2 Å². The van der Waals surface area contributed by atoms with Gasteiger partial charge in [0.25, 0.3) is 0 Å². The van der Waals surface area contributed by atoms with Crippen molar-refractivity contribution in [2.24, 2.45) is 35.5 Å². The number of hydrogen-bond donors (Lipinski definition) is 2. The van der Waals surface area contributed by atoms with Crippen LogP contribution >= 0.6 is 0 Å². The topological polar surface area (TPSA) is 94.9 Å². The Morgan fingerprint density at radius 1 is 0.481 bits per heavy atom. The Balaban J connectivity index is 4.22. The fourth-order valence-corrected chi connectivity index (χ4v) is 6.86. The van der Waals surface area contributed by atoms with Crippen molar-refractivity contribution in [2.45, 2.75) is 203 Å². The number of esters is 1. The number of hydrogen-bond acceptors (Lipinski definition) is 9. The molecule has 9 heteroatoms. The fraction of sp³-hybridized carbons (Fsp3) is 0.978. The highest BCUT2D eigenvalue weighted by molar-refractivity contribution is 5.69. The molecule has 2 N–H and O–H groups in total. The van der Waals surface area contributed by atoms with Gasteiger partial charge in [0.2, 0.25) is 0 Å². The summed E-state index contributed by atoms with van der Waals surface area (Å²) in [5, 5.41) is 22.5. The average molecular weight is 772 g/mol. The van der Waals surface area contributed by atoms with E-state index in [2.05, 4.69) is 60.3 Å². The molecule has 0 amide bonds. The standard InChI is InChI=1S/C45H93N3O6/c1-38(2)29-31-42(40(5)6)36-52-47(50)34-23-19-15-11-13-17-21-26-44(54-45(49)28-25-33-46(9)10)27-22-18-14-12-16-20-24-35-48(51)53-37-43(41(7)8)32-30-39(3)4/h38-44,50-51H,11-37H2,1-10H3. The third-order valence-corrected chi connectivity index (χ3v) is 11.0. The van der Waals surface area contributed by atoms with Gasteiger partial charge in [-0.1, -0.05) is 143 Å². The predicted octanol–water partition coefficient (Wildman–Crippen LogP) is 12.1. The van der Waals surface area contributed by atoms with Crippen LogP contribution in [-0.2, 0) is 19.2 Å². The number of unbranched alkanes of at least 4 members (excludes halogenated alkanes) is 12. The lowest BCUT2D eigenvalue weighted by Gasteiger charge is -2.24. The lowest BCUT2D eigenvalue weighted by atomic mass is 9.89. The Morgan fingerprint density at radius 3 is 1.20 bits per heavy atom. The summed E-state index contributed by atoms with van der Waals surface area (Å²) in [6.07, 6.45) is 23.7. The van der Waals surface area contributed by atoms with Gasteiger partial charge in [0, 0.05) is 6.42 Å². The molecule has 0 heterocycles. The van der Waals surface area contributed by atoms with Crippen LogP contribution in [0.2, 0.25) is 0 Å². The number of rotatable bonds is 39. The summed E-state index contributed by atoms with van der Waals surface area (Å²) < 4.78 is 6.00. The van der Waals surface area contributed by atoms with Crippen molar-refractivity contribution in [3.05, 3.63) is 0 Å². The summed E-state index contributed by atoms with van der Waals surface area (Å²) >= 11 is 0. The minimum atomic E-state index is -0.0452. The van der Waals surface area contributed by atoms with Crippen LogP contribution in [0, 0.1) is 35.5 Å². The Kier molecular flexibility index (Phi) is 34.8. The molecule has 0 aliphatic heterocycles. The molecular weight excluding hydrogens is 679 g/mol.